The summed E-state index contributed by atoms with van der Waals surface area (Å²) in [6, 6.07) is 22.7. The third-order valence-corrected chi connectivity index (χ3v) is 6.12. The molecule has 6 heteroatoms. The molecule has 0 unspecified atom stereocenters. The molecule has 1 aliphatic rings. The zero-order valence-corrected chi connectivity index (χ0v) is 18.9. The molecule has 0 aromatic heterocycles. The number of rotatable bonds is 6. The number of hydrogen-bond acceptors (Lipinski definition) is 5. The summed E-state index contributed by atoms with van der Waals surface area (Å²) in [7, 11) is 1.61. The van der Waals surface area contributed by atoms with Gasteiger partial charge in [0, 0.05) is 17.6 Å². The molecule has 33 heavy (non-hydrogen) atoms. The van der Waals surface area contributed by atoms with Crippen LogP contribution in [-0.2, 0) is 14.3 Å². The van der Waals surface area contributed by atoms with E-state index >= 15 is 0 Å². The highest BCUT2D eigenvalue weighted by Gasteiger charge is 2.50. The Hall–Kier alpha value is -3.85. The number of para-hydroxylation sites is 1. The number of hydrogen-bond donors (Lipinski definition) is 0. The molecule has 0 radical (unpaired) electrons. The van der Waals surface area contributed by atoms with Crippen LogP contribution in [0.5, 0.6) is 5.75 Å². The summed E-state index contributed by atoms with van der Waals surface area (Å²) < 4.78 is 11.1. The molecule has 1 fully saturated rings. The highest BCUT2D eigenvalue weighted by Crippen LogP contribution is 2.37. The number of ether oxygens (including phenoxy) is 2. The fourth-order valence-corrected chi connectivity index (χ4v) is 4.29. The average Bonchev–Trinajstić information content (AvgIpc) is 3.05. The molecule has 1 heterocycles. The van der Waals surface area contributed by atoms with Crippen molar-refractivity contribution in [3.05, 3.63) is 72.3 Å². The Balaban J connectivity index is 1.59. The van der Waals surface area contributed by atoms with Crippen molar-refractivity contribution in [1.29, 1.82) is 5.26 Å². The molecule has 4 rings (SSSR count). The first-order valence-electron chi connectivity index (χ1n) is 10.9. The van der Waals surface area contributed by atoms with Crippen molar-refractivity contribution in [2.45, 2.75) is 32.3 Å². The maximum atomic E-state index is 13.2. The lowest BCUT2D eigenvalue weighted by atomic mass is 9.89. The quantitative estimate of drug-likeness (QED) is 0.511. The van der Waals surface area contributed by atoms with E-state index in [0.29, 0.717) is 12.1 Å². The molecule has 2 atom stereocenters. The van der Waals surface area contributed by atoms with Crippen LogP contribution in [0.2, 0.25) is 0 Å². The average molecular weight is 443 g/mol. The van der Waals surface area contributed by atoms with E-state index in [2.05, 4.69) is 6.07 Å². The van der Waals surface area contributed by atoms with Gasteiger partial charge < -0.3 is 14.4 Å². The van der Waals surface area contributed by atoms with E-state index in [9.17, 15) is 14.9 Å². The van der Waals surface area contributed by atoms with Crippen LogP contribution in [0.3, 0.4) is 0 Å². The molecular formula is C27H26N2O4. The van der Waals surface area contributed by atoms with Crippen LogP contribution in [0.1, 0.15) is 31.7 Å². The molecular weight excluding hydrogens is 416 g/mol. The number of benzene rings is 3. The molecule has 1 amide bonds. The predicted molar refractivity (Wildman–Crippen MR) is 126 cm³/mol. The Morgan fingerprint density at radius 2 is 1.82 bits per heavy atom. The second kappa shape index (κ2) is 8.95. The van der Waals surface area contributed by atoms with Crippen molar-refractivity contribution >= 4 is 28.3 Å². The number of carbonyl (C=O) groups is 2. The summed E-state index contributed by atoms with van der Waals surface area (Å²) in [6.07, 6.45) is -0.958. The smallest absolute Gasteiger partial charge is 0.315 e. The zero-order chi connectivity index (χ0) is 23.6. The molecule has 1 aliphatic heterocycles. The number of methoxy groups -OCH3 is 1. The highest BCUT2D eigenvalue weighted by atomic mass is 16.6. The van der Waals surface area contributed by atoms with E-state index in [1.54, 1.807) is 12.0 Å². The van der Waals surface area contributed by atoms with E-state index in [1.807, 2.05) is 80.6 Å². The summed E-state index contributed by atoms with van der Waals surface area (Å²) in [5, 5.41) is 11.3. The normalized spacial score (nSPS) is 18.1. The number of nitriles is 1. The first-order chi connectivity index (χ1) is 15.8. The Labute approximate surface area is 193 Å². The van der Waals surface area contributed by atoms with Crippen molar-refractivity contribution in [3.8, 4) is 11.8 Å². The molecule has 3 aromatic carbocycles. The minimum absolute atomic E-state index is 0.0375. The van der Waals surface area contributed by atoms with Gasteiger partial charge in [0.15, 0.2) is 6.10 Å². The molecule has 0 bridgehead atoms. The molecule has 0 spiro atoms. The Morgan fingerprint density at radius 3 is 2.52 bits per heavy atom. The van der Waals surface area contributed by atoms with Gasteiger partial charge in [0.2, 0.25) is 0 Å². The summed E-state index contributed by atoms with van der Waals surface area (Å²) in [4.78, 5) is 28.1. The summed E-state index contributed by atoms with van der Waals surface area (Å²) in [5.41, 5.74) is 0.884. The zero-order valence-electron chi connectivity index (χ0n) is 18.9. The van der Waals surface area contributed by atoms with Crippen molar-refractivity contribution in [2.24, 2.45) is 5.41 Å². The Kier molecular flexibility index (Phi) is 6.06. The van der Waals surface area contributed by atoms with Gasteiger partial charge in [-0.1, -0.05) is 56.3 Å². The van der Waals surface area contributed by atoms with Crippen LogP contribution in [0.4, 0.5) is 5.69 Å². The Bertz CT molecular complexity index is 1230. The number of anilines is 1. The SMILES string of the molecule is COc1ccc2cc([C@@H](CC#N)C(=O)O[C@H]3C(=O)N(c4ccccc4)CC3(C)C)ccc2c1. The lowest BCUT2D eigenvalue weighted by Crippen LogP contribution is -2.37. The molecule has 0 aliphatic carbocycles. The lowest BCUT2D eigenvalue weighted by Gasteiger charge is -2.25. The molecule has 6 nitrogen and oxygen atoms in total. The second-order valence-electron chi connectivity index (χ2n) is 8.95. The molecule has 168 valence electrons. The molecule has 1 saturated heterocycles. The molecule has 3 aromatic rings. The molecule has 0 N–H and O–H groups in total. The van der Waals surface area contributed by atoms with Crippen LogP contribution in [0.25, 0.3) is 10.8 Å². The van der Waals surface area contributed by atoms with Crippen LogP contribution in [-0.4, -0.2) is 31.6 Å². The van der Waals surface area contributed by atoms with Gasteiger partial charge in [-0.15, -0.1) is 0 Å². The first-order valence-corrected chi connectivity index (χ1v) is 10.9. The predicted octanol–water partition coefficient (Wildman–Crippen LogP) is 4.83. The fourth-order valence-electron chi connectivity index (χ4n) is 4.29. The number of nitrogens with zero attached hydrogens (tertiary/aromatic N) is 2. The van der Waals surface area contributed by atoms with Gasteiger partial charge in [0.05, 0.1) is 25.5 Å². The third kappa shape index (κ3) is 4.40. The maximum Gasteiger partial charge on any atom is 0.315 e. The molecule has 0 saturated carbocycles. The highest BCUT2D eigenvalue weighted by molar-refractivity contribution is 6.01. The van der Waals surface area contributed by atoms with E-state index < -0.39 is 23.4 Å². The van der Waals surface area contributed by atoms with Crippen LogP contribution in [0.15, 0.2) is 66.7 Å². The maximum absolute atomic E-state index is 13.2. The Morgan fingerprint density at radius 1 is 1.12 bits per heavy atom. The topological polar surface area (TPSA) is 79.6 Å². The van der Waals surface area contributed by atoms with Gasteiger partial charge in [0.1, 0.15) is 5.75 Å². The van der Waals surface area contributed by atoms with Gasteiger partial charge in [-0.2, -0.15) is 5.26 Å². The first kappa shape index (κ1) is 22.3. The van der Waals surface area contributed by atoms with Gasteiger partial charge >= 0.3 is 5.97 Å². The number of fused-ring (bicyclic) bond motifs is 1. The van der Waals surface area contributed by atoms with Crippen molar-refractivity contribution in [3.63, 3.8) is 0 Å². The minimum atomic E-state index is -0.920. The fraction of sp³-hybridized carbons (Fsp3) is 0.296. The lowest BCUT2D eigenvalue weighted by molar-refractivity contribution is -0.159. The van der Waals surface area contributed by atoms with Crippen LogP contribution >= 0.6 is 0 Å². The van der Waals surface area contributed by atoms with Crippen molar-refractivity contribution < 1.29 is 19.1 Å². The van der Waals surface area contributed by atoms with Gasteiger partial charge in [-0.05, 0) is 40.6 Å². The van der Waals surface area contributed by atoms with E-state index in [1.165, 1.54) is 0 Å². The van der Waals surface area contributed by atoms with Crippen LogP contribution in [0, 0.1) is 16.7 Å². The van der Waals surface area contributed by atoms with E-state index in [-0.39, 0.29) is 12.3 Å². The summed E-state index contributed by atoms with van der Waals surface area (Å²) >= 11 is 0. The largest absolute Gasteiger partial charge is 0.497 e. The van der Waals surface area contributed by atoms with Crippen molar-refractivity contribution in [1.82, 2.24) is 0 Å². The number of amides is 1. The summed E-state index contributed by atoms with van der Waals surface area (Å²) in [6.45, 7) is 4.26. The van der Waals surface area contributed by atoms with E-state index in [4.69, 9.17) is 9.47 Å². The van der Waals surface area contributed by atoms with Crippen LogP contribution < -0.4 is 9.64 Å². The monoisotopic (exact) mass is 442 g/mol. The third-order valence-electron chi connectivity index (χ3n) is 6.12. The number of esters is 1. The van der Waals surface area contributed by atoms with Crippen molar-refractivity contribution in [2.75, 3.05) is 18.6 Å². The standard InChI is InChI=1S/C27H26N2O4/c1-27(2)17-29(21-7-5-4-6-8-21)25(30)24(27)33-26(31)23(13-14-28)20-10-9-19-16-22(32-3)12-11-18(19)15-20/h4-12,15-16,23-24H,13,17H2,1-3H3/t23-,24+/m1/s1. The van der Waals surface area contributed by atoms with Gasteiger partial charge in [-0.3, -0.25) is 9.59 Å². The minimum Gasteiger partial charge on any atom is -0.497 e. The van der Waals surface area contributed by atoms with Gasteiger partial charge in [-0.25, -0.2) is 0 Å². The van der Waals surface area contributed by atoms with Gasteiger partial charge in [0.25, 0.3) is 5.91 Å². The summed E-state index contributed by atoms with van der Waals surface area (Å²) in [5.74, 6) is -0.851. The second-order valence-corrected chi connectivity index (χ2v) is 8.95. The number of carbonyl (C=O) groups excluding carboxylic acids is 2. The van der Waals surface area contributed by atoms with E-state index in [0.717, 1.165) is 22.2 Å².